The molecule has 0 radical (unpaired) electrons. The van der Waals surface area contributed by atoms with Gasteiger partial charge in [-0.1, -0.05) is 45.0 Å². The van der Waals surface area contributed by atoms with Crippen LogP contribution in [-0.4, -0.2) is 110 Å². The number of carbonyl (C=O) groups excluding carboxylic acids is 2. The van der Waals surface area contributed by atoms with E-state index in [1.165, 1.54) is 27.6 Å². The van der Waals surface area contributed by atoms with Crippen molar-refractivity contribution in [3.8, 4) is 28.9 Å². The number of rotatable bonds is 15. The lowest BCUT2D eigenvalue weighted by atomic mass is 9.86. The highest BCUT2D eigenvalue weighted by atomic mass is 32.2. The van der Waals surface area contributed by atoms with E-state index >= 15 is 0 Å². The van der Waals surface area contributed by atoms with Crippen LogP contribution >= 0.6 is 0 Å². The first-order chi connectivity index (χ1) is 28.8. The molecule has 0 bridgehead atoms. The lowest BCUT2D eigenvalue weighted by Crippen LogP contribution is -2.46. The minimum atomic E-state index is -1.37. The maximum absolute atomic E-state index is 13.5. The molecular formula is C43H53N9O7S. The highest BCUT2D eigenvalue weighted by molar-refractivity contribution is 7.85. The van der Waals surface area contributed by atoms with Gasteiger partial charge in [-0.2, -0.15) is 4.98 Å². The topological polar surface area (TPSA) is 181 Å². The Hall–Kier alpha value is -6.17. The number of amides is 3. The number of hydrogen-bond acceptors (Lipinski definition) is 12. The number of carbonyl (C=O) groups is 2. The van der Waals surface area contributed by atoms with Gasteiger partial charge in [-0.15, -0.1) is 0 Å². The van der Waals surface area contributed by atoms with E-state index in [4.69, 9.17) is 18.9 Å². The van der Waals surface area contributed by atoms with E-state index in [1.807, 2.05) is 57.2 Å². The monoisotopic (exact) mass is 839 g/mol. The second kappa shape index (κ2) is 19.3. The lowest BCUT2D eigenvalue weighted by molar-refractivity contribution is 0.0935. The highest BCUT2D eigenvalue weighted by Crippen LogP contribution is 2.40. The number of ether oxygens (including phenoxy) is 4. The molecule has 60 heavy (non-hydrogen) atoms. The maximum Gasteiger partial charge on any atom is 0.323 e. The second-order valence-electron chi connectivity index (χ2n) is 15.2. The summed E-state index contributed by atoms with van der Waals surface area (Å²) in [4.78, 5) is 40.4. The molecule has 5 aromatic rings. The number of anilines is 5. The van der Waals surface area contributed by atoms with Gasteiger partial charge in [0.2, 0.25) is 11.8 Å². The molecule has 1 fully saturated rings. The number of likely N-dealkylation sites (N-methyl/N-ethyl adjacent to an activating group) is 1. The summed E-state index contributed by atoms with van der Waals surface area (Å²) in [6.07, 6.45) is 3.09. The third-order valence-electron chi connectivity index (χ3n) is 9.94. The molecule has 318 valence electrons. The zero-order valence-electron chi connectivity index (χ0n) is 35.2. The van der Waals surface area contributed by atoms with E-state index in [0.29, 0.717) is 52.3 Å². The summed E-state index contributed by atoms with van der Waals surface area (Å²) in [6, 6.07) is 19.2. The van der Waals surface area contributed by atoms with E-state index < -0.39 is 17.0 Å². The quantitative estimate of drug-likeness (QED) is 0.0744. The Bertz CT molecular complexity index is 2340. The summed E-state index contributed by atoms with van der Waals surface area (Å²) in [5.41, 5.74) is 2.91. The van der Waals surface area contributed by atoms with Crippen molar-refractivity contribution in [1.82, 2.24) is 25.1 Å². The van der Waals surface area contributed by atoms with Gasteiger partial charge in [0.05, 0.1) is 38.4 Å². The van der Waals surface area contributed by atoms with Crippen LogP contribution < -0.4 is 44.9 Å². The van der Waals surface area contributed by atoms with Crippen molar-refractivity contribution in [3.63, 3.8) is 0 Å². The summed E-state index contributed by atoms with van der Waals surface area (Å²) in [6.45, 7) is 11.3. The predicted octanol–water partition coefficient (Wildman–Crippen LogP) is 6.82. The summed E-state index contributed by atoms with van der Waals surface area (Å²) in [5, 5.41) is 13.5. The van der Waals surface area contributed by atoms with Crippen LogP contribution in [0, 0.1) is 0 Å². The largest absolute Gasteiger partial charge is 0.496 e. The van der Waals surface area contributed by atoms with Gasteiger partial charge < -0.3 is 49.8 Å². The molecule has 5 N–H and O–H groups in total. The van der Waals surface area contributed by atoms with Crippen molar-refractivity contribution in [2.24, 2.45) is 0 Å². The molecule has 0 saturated carbocycles. The molecule has 4 aromatic carbocycles. The van der Waals surface area contributed by atoms with Crippen LogP contribution in [0.1, 0.15) is 36.7 Å². The third kappa shape index (κ3) is 10.7. The average Bonchev–Trinajstić information content (AvgIpc) is 3.21. The average molecular weight is 840 g/mol. The van der Waals surface area contributed by atoms with Crippen molar-refractivity contribution >= 4 is 62.4 Å². The van der Waals surface area contributed by atoms with Crippen LogP contribution in [-0.2, 0) is 16.4 Å². The molecule has 3 amide bonds. The number of urea groups is 1. The Morgan fingerprint density at radius 1 is 0.817 bits per heavy atom. The van der Waals surface area contributed by atoms with Crippen LogP contribution in [0.3, 0.4) is 0 Å². The summed E-state index contributed by atoms with van der Waals surface area (Å²) in [7, 11) is 5.23. The number of aromatic nitrogens is 2. The molecule has 0 aliphatic carbocycles. The van der Waals surface area contributed by atoms with E-state index in [1.54, 1.807) is 36.5 Å². The van der Waals surface area contributed by atoms with Crippen molar-refractivity contribution < 1.29 is 32.7 Å². The Morgan fingerprint density at radius 3 is 2.13 bits per heavy atom. The fourth-order valence-electron chi connectivity index (χ4n) is 6.75. The van der Waals surface area contributed by atoms with Gasteiger partial charge in [0.1, 0.15) is 33.8 Å². The number of benzene rings is 4. The fraction of sp³-hybridized carbons (Fsp3) is 0.349. The Kier molecular flexibility index (Phi) is 13.9. The number of fused-ring (bicyclic) bond motifs is 1. The number of nitrogens with one attached hydrogen (secondary N) is 5. The normalized spacial score (nSPS) is 13.9. The number of hydrogen-bond donors (Lipinski definition) is 5. The number of methoxy groups -OCH3 is 3. The highest BCUT2D eigenvalue weighted by Gasteiger charge is 2.23. The Balaban J connectivity index is 1.16. The van der Waals surface area contributed by atoms with Gasteiger partial charge in [-0.05, 0) is 42.3 Å². The molecule has 1 saturated heterocycles. The molecule has 1 unspecified atom stereocenters. The van der Waals surface area contributed by atoms with Gasteiger partial charge >= 0.3 is 6.03 Å². The smallest absolute Gasteiger partial charge is 0.323 e. The molecule has 1 aliphatic heterocycles. The van der Waals surface area contributed by atoms with E-state index in [-0.39, 0.29) is 28.7 Å². The van der Waals surface area contributed by atoms with Crippen LogP contribution in [0.2, 0.25) is 0 Å². The molecule has 1 atom stereocenters. The van der Waals surface area contributed by atoms with E-state index in [9.17, 15) is 13.8 Å². The predicted molar refractivity (Wildman–Crippen MR) is 237 cm³/mol. The molecule has 1 aromatic heterocycles. The molecule has 17 heteroatoms. The van der Waals surface area contributed by atoms with Crippen LogP contribution in [0.25, 0.3) is 10.8 Å². The van der Waals surface area contributed by atoms with Crippen molar-refractivity contribution in [2.75, 3.05) is 94.6 Å². The van der Waals surface area contributed by atoms with Crippen molar-refractivity contribution in [1.29, 1.82) is 0 Å². The van der Waals surface area contributed by atoms with Gasteiger partial charge in [0.25, 0.3) is 5.91 Å². The zero-order valence-corrected chi connectivity index (χ0v) is 36.0. The van der Waals surface area contributed by atoms with Crippen molar-refractivity contribution in [3.05, 3.63) is 84.1 Å². The number of piperazine rings is 1. The van der Waals surface area contributed by atoms with Gasteiger partial charge in [-0.25, -0.2) is 14.0 Å². The lowest BCUT2D eigenvalue weighted by Gasteiger charge is -2.32. The second-order valence-corrected chi connectivity index (χ2v) is 16.4. The standard InChI is InChI=1S/C43H53N9O7S/c1-43(2,3)27-23-32(39(58-7)33(24-27)50-60(8)55)48-42(54)47-31-13-14-34(30-12-10-9-11-29(30)31)59-37-15-16-45-41(49-37)46-28-25-35(56-5)38(36(26-28)57-6)40(53)44-17-18-52-21-19-51(4)20-22-52/h9-16,23-26,50H,17-22H2,1-8H3,(H,44,53)(H,45,46,49)(H2,47,48,54). The molecule has 0 spiro atoms. The van der Waals surface area contributed by atoms with Gasteiger partial charge in [-0.3, -0.25) is 9.69 Å². The van der Waals surface area contributed by atoms with Crippen molar-refractivity contribution in [2.45, 2.75) is 26.2 Å². The number of nitrogens with zero attached hydrogens (tertiary/aromatic N) is 4. The van der Waals surface area contributed by atoms with E-state index in [0.717, 1.165) is 49.1 Å². The molecule has 6 rings (SSSR count). The first-order valence-electron chi connectivity index (χ1n) is 19.4. The Morgan fingerprint density at radius 2 is 1.48 bits per heavy atom. The first kappa shape index (κ1) is 43.4. The van der Waals surface area contributed by atoms with Crippen LogP contribution in [0.4, 0.5) is 33.5 Å². The summed E-state index contributed by atoms with van der Waals surface area (Å²) in [5.74, 6) is 1.69. The fourth-order valence-corrected chi connectivity index (χ4v) is 7.21. The molecule has 2 heterocycles. The first-order valence-corrected chi connectivity index (χ1v) is 21.0. The van der Waals surface area contributed by atoms with Crippen LogP contribution in [0.5, 0.6) is 28.9 Å². The van der Waals surface area contributed by atoms with Crippen LogP contribution in [0.15, 0.2) is 72.9 Å². The zero-order chi connectivity index (χ0) is 43.0. The minimum Gasteiger partial charge on any atom is -0.496 e. The molecule has 1 aliphatic rings. The maximum atomic E-state index is 13.5. The SMILES string of the molecule is COc1cc(Nc2nccc(Oc3ccc(NC(=O)Nc4cc(C(C)(C)C)cc(NS(C)=O)c4OC)c4ccccc34)n2)cc(OC)c1C(=O)NCCN1CCN(C)CC1. The third-order valence-corrected chi connectivity index (χ3v) is 10.4. The molecule has 16 nitrogen and oxygen atoms in total. The van der Waals surface area contributed by atoms with Gasteiger partial charge in [0.15, 0.2) is 5.75 Å². The van der Waals surface area contributed by atoms with Gasteiger partial charge in [0, 0.05) is 86.4 Å². The minimum absolute atomic E-state index is 0.231. The van der Waals surface area contributed by atoms with E-state index in [2.05, 4.69) is 52.8 Å². The summed E-state index contributed by atoms with van der Waals surface area (Å²) < 4.78 is 38.2. The molecular weight excluding hydrogens is 787 g/mol. The summed E-state index contributed by atoms with van der Waals surface area (Å²) >= 11 is 0. The Labute approximate surface area is 352 Å².